The molecule has 9 nitrogen and oxygen atoms in total. The summed E-state index contributed by atoms with van der Waals surface area (Å²) >= 11 is 0. The van der Waals surface area contributed by atoms with E-state index in [1.807, 2.05) is 6.92 Å². The summed E-state index contributed by atoms with van der Waals surface area (Å²) in [4.78, 5) is 41.1. The molecule has 4 aromatic rings. The summed E-state index contributed by atoms with van der Waals surface area (Å²) in [6.45, 7) is 2.12. The Bertz CT molecular complexity index is 1620. The average molecular weight is 528 g/mol. The maximum absolute atomic E-state index is 13.8. The van der Waals surface area contributed by atoms with Gasteiger partial charge in [0.2, 0.25) is 5.78 Å². The molecule has 1 atom stereocenters. The van der Waals surface area contributed by atoms with Crippen molar-refractivity contribution >= 4 is 34.3 Å². The van der Waals surface area contributed by atoms with Gasteiger partial charge in [0.05, 0.1) is 30.9 Å². The first-order chi connectivity index (χ1) is 18.8. The number of Topliss-reactive ketones (excluding diaryl/α,β-unsaturated/α-hetero) is 1. The summed E-state index contributed by atoms with van der Waals surface area (Å²) < 4.78 is 16.4. The van der Waals surface area contributed by atoms with Crippen LogP contribution in [0.5, 0.6) is 11.5 Å². The lowest BCUT2D eigenvalue weighted by Gasteiger charge is -2.27. The number of hydrogen-bond acceptors (Lipinski definition) is 8. The van der Waals surface area contributed by atoms with Crippen molar-refractivity contribution < 1.29 is 38.5 Å². The van der Waals surface area contributed by atoms with Crippen LogP contribution in [0.3, 0.4) is 0 Å². The third-order valence-electron chi connectivity index (χ3n) is 6.41. The zero-order valence-electron chi connectivity index (χ0n) is 21.2. The third-order valence-corrected chi connectivity index (χ3v) is 6.41. The minimum Gasteiger partial charge on any atom is -0.508 e. The minimum atomic E-state index is -1.08. The lowest BCUT2D eigenvalue weighted by molar-refractivity contribution is -0.117. The van der Waals surface area contributed by atoms with Crippen molar-refractivity contribution in [3.63, 3.8) is 0 Å². The Morgan fingerprint density at radius 3 is 2.46 bits per heavy atom. The van der Waals surface area contributed by atoms with Gasteiger partial charge in [0.25, 0.3) is 5.91 Å². The normalized spacial score (nSPS) is 15.2. The number of ketones is 1. The SMILES string of the molecule is CCCOC(=O)c1cccc(N2C(=O)C(O)=C(C(=O)c3cc4cccc(OC)c4o3)C2c2ccc(O)cc2)c1. The van der Waals surface area contributed by atoms with Gasteiger partial charge in [0.1, 0.15) is 5.75 Å². The van der Waals surface area contributed by atoms with Gasteiger partial charge < -0.3 is 24.1 Å². The second-order valence-corrected chi connectivity index (χ2v) is 8.94. The van der Waals surface area contributed by atoms with Crippen LogP contribution in [0.25, 0.3) is 11.0 Å². The molecule has 1 aliphatic heterocycles. The number of amides is 1. The number of anilines is 1. The van der Waals surface area contributed by atoms with Gasteiger partial charge in [-0.25, -0.2) is 4.79 Å². The third kappa shape index (κ3) is 4.59. The quantitative estimate of drug-likeness (QED) is 0.227. The maximum Gasteiger partial charge on any atom is 0.338 e. The van der Waals surface area contributed by atoms with Gasteiger partial charge in [0, 0.05) is 11.1 Å². The van der Waals surface area contributed by atoms with Gasteiger partial charge in [-0.3, -0.25) is 14.5 Å². The highest BCUT2D eigenvalue weighted by Crippen LogP contribution is 2.43. The largest absolute Gasteiger partial charge is 0.508 e. The number of phenols is 1. The Balaban J connectivity index is 1.61. The van der Waals surface area contributed by atoms with E-state index in [-0.39, 0.29) is 34.9 Å². The molecule has 1 unspecified atom stereocenters. The van der Waals surface area contributed by atoms with E-state index in [0.717, 1.165) is 0 Å². The number of methoxy groups -OCH3 is 1. The Kier molecular flexibility index (Phi) is 6.81. The monoisotopic (exact) mass is 527 g/mol. The van der Waals surface area contributed by atoms with E-state index < -0.39 is 29.5 Å². The minimum absolute atomic E-state index is 0.0132. The fraction of sp³-hybridized carbons (Fsp3) is 0.167. The Hall–Kier alpha value is -5.05. The molecule has 0 radical (unpaired) electrons. The number of nitrogens with zero attached hydrogens (tertiary/aromatic N) is 1. The van der Waals surface area contributed by atoms with Crippen LogP contribution in [-0.2, 0) is 9.53 Å². The Morgan fingerprint density at radius 2 is 1.74 bits per heavy atom. The predicted octanol–water partition coefficient (Wildman–Crippen LogP) is 5.50. The highest BCUT2D eigenvalue weighted by atomic mass is 16.5. The number of rotatable bonds is 8. The highest BCUT2D eigenvalue weighted by molar-refractivity contribution is 6.21. The lowest BCUT2D eigenvalue weighted by atomic mass is 9.94. The second-order valence-electron chi connectivity index (χ2n) is 8.94. The van der Waals surface area contributed by atoms with Gasteiger partial charge >= 0.3 is 5.97 Å². The number of carbonyl (C=O) groups excluding carboxylic acids is 3. The maximum atomic E-state index is 13.8. The molecule has 0 spiro atoms. The van der Waals surface area contributed by atoms with E-state index in [1.165, 1.54) is 36.3 Å². The molecule has 1 aliphatic rings. The molecule has 0 aliphatic carbocycles. The molecular formula is C30H25NO8. The summed E-state index contributed by atoms with van der Waals surface area (Å²) in [6, 6.07) is 17.8. The van der Waals surface area contributed by atoms with Gasteiger partial charge in [-0.05, 0) is 54.4 Å². The van der Waals surface area contributed by atoms with Crippen LogP contribution >= 0.6 is 0 Å². The molecule has 9 heteroatoms. The number of aliphatic hydroxyl groups excluding tert-OH is 1. The number of para-hydroxylation sites is 1. The molecule has 2 heterocycles. The number of furan rings is 1. The Morgan fingerprint density at radius 1 is 1.00 bits per heavy atom. The van der Waals surface area contributed by atoms with E-state index >= 15 is 0 Å². The summed E-state index contributed by atoms with van der Waals surface area (Å²) in [5, 5.41) is 21.5. The van der Waals surface area contributed by atoms with Gasteiger partial charge in [-0.2, -0.15) is 0 Å². The Labute approximate surface area is 223 Å². The molecule has 3 aromatic carbocycles. The summed E-state index contributed by atoms with van der Waals surface area (Å²) in [5.41, 5.74) is 1.07. The van der Waals surface area contributed by atoms with Crippen LogP contribution in [0.4, 0.5) is 5.69 Å². The van der Waals surface area contributed by atoms with Crippen LogP contribution in [0.2, 0.25) is 0 Å². The van der Waals surface area contributed by atoms with Gasteiger partial charge in [-0.15, -0.1) is 0 Å². The average Bonchev–Trinajstić information content (AvgIpc) is 3.51. The second kappa shape index (κ2) is 10.4. The number of esters is 1. The zero-order valence-corrected chi connectivity index (χ0v) is 21.2. The standard InChI is InChI=1S/C30H25NO8/c1-3-14-38-30(36)19-7-4-8-20(15-19)31-25(17-10-12-21(32)13-11-17)24(27(34)29(31)35)26(33)23-16-18-6-5-9-22(37-2)28(18)39-23/h4-13,15-16,25,32,34H,3,14H2,1-2H3. The first-order valence-electron chi connectivity index (χ1n) is 12.3. The van der Waals surface area contributed by atoms with Crippen molar-refractivity contribution in [2.75, 3.05) is 18.6 Å². The number of fused-ring (bicyclic) bond motifs is 1. The molecule has 1 aromatic heterocycles. The summed E-state index contributed by atoms with van der Waals surface area (Å²) in [5.74, 6) is -2.51. The first-order valence-corrected chi connectivity index (χ1v) is 12.3. The van der Waals surface area contributed by atoms with Crippen molar-refractivity contribution in [3.8, 4) is 11.5 Å². The molecule has 39 heavy (non-hydrogen) atoms. The van der Waals surface area contributed by atoms with Crippen LogP contribution in [0.15, 0.2) is 88.5 Å². The smallest absolute Gasteiger partial charge is 0.338 e. The number of benzene rings is 3. The molecule has 1 amide bonds. The predicted molar refractivity (Wildman–Crippen MR) is 142 cm³/mol. The van der Waals surface area contributed by atoms with E-state index in [4.69, 9.17) is 13.9 Å². The van der Waals surface area contributed by atoms with Crippen LogP contribution in [-0.4, -0.2) is 41.6 Å². The molecule has 0 fully saturated rings. The molecule has 2 N–H and O–H groups in total. The van der Waals surface area contributed by atoms with Crippen molar-refractivity contribution in [2.24, 2.45) is 0 Å². The number of hydrogen-bond donors (Lipinski definition) is 2. The van der Waals surface area contributed by atoms with Crippen LogP contribution in [0.1, 0.15) is 45.9 Å². The van der Waals surface area contributed by atoms with E-state index in [2.05, 4.69) is 0 Å². The molecule has 0 saturated carbocycles. The molecular weight excluding hydrogens is 502 g/mol. The summed E-state index contributed by atoms with van der Waals surface area (Å²) in [7, 11) is 1.48. The molecule has 198 valence electrons. The van der Waals surface area contributed by atoms with Crippen molar-refractivity contribution in [1.29, 1.82) is 0 Å². The molecule has 0 saturated heterocycles. The number of ether oxygens (including phenoxy) is 2. The summed E-state index contributed by atoms with van der Waals surface area (Å²) in [6.07, 6.45) is 0.649. The number of aliphatic hydroxyl groups is 1. The zero-order chi connectivity index (χ0) is 27.7. The van der Waals surface area contributed by atoms with Gasteiger partial charge in [-0.1, -0.05) is 37.3 Å². The fourth-order valence-electron chi connectivity index (χ4n) is 4.58. The number of aromatic hydroxyl groups is 1. The first kappa shape index (κ1) is 25.6. The van der Waals surface area contributed by atoms with Crippen molar-refractivity contribution in [1.82, 2.24) is 0 Å². The molecule has 0 bridgehead atoms. The highest BCUT2D eigenvalue weighted by Gasteiger charge is 2.45. The fourth-order valence-corrected chi connectivity index (χ4v) is 4.58. The van der Waals surface area contributed by atoms with Crippen molar-refractivity contribution in [3.05, 3.63) is 101 Å². The lowest BCUT2D eigenvalue weighted by Crippen LogP contribution is -2.31. The number of carbonyl (C=O) groups is 3. The van der Waals surface area contributed by atoms with Crippen LogP contribution < -0.4 is 9.64 Å². The van der Waals surface area contributed by atoms with Crippen LogP contribution in [0, 0.1) is 0 Å². The van der Waals surface area contributed by atoms with E-state index in [0.29, 0.717) is 28.7 Å². The van der Waals surface area contributed by atoms with Gasteiger partial charge in [0.15, 0.2) is 22.9 Å². The molecule has 5 rings (SSSR count). The van der Waals surface area contributed by atoms with Crippen molar-refractivity contribution in [2.45, 2.75) is 19.4 Å². The number of phenolic OH excluding ortho intramolecular Hbond substituents is 1. The van der Waals surface area contributed by atoms with E-state index in [1.54, 1.807) is 48.5 Å². The van der Waals surface area contributed by atoms with E-state index in [9.17, 15) is 24.6 Å². The topological polar surface area (TPSA) is 127 Å².